The Balaban J connectivity index is 0. The number of rotatable bonds is 6. The monoisotopic (exact) mass is 188 g/mol. The third-order valence-corrected chi connectivity index (χ3v) is 2.03. The van der Waals surface area contributed by atoms with E-state index in [9.17, 15) is 0 Å². The second-order valence-corrected chi connectivity index (χ2v) is 3.15. The quantitative estimate of drug-likeness (QED) is 0.694. The van der Waals surface area contributed by atoms with Gasteiger partial charge in [0.15, 0.2) is 0 Å². The van der Waals surface area contributed by atoms with Crippen molar-refractivity contribution >= 4 is 0 Å². The Morgan fingerprint density at radius 3 is 1.92 bits per heavy atom. The van der Waals surface area contributed by atoms with E-state index in [-0.39, 0.29) is 0 Å². The van der Waals surface area contributed by atoms with Gasteiger partial charge < -0.3 is 10.6 Å². The molecule has 0 radical (unpaired) electrons. The highest BCUT2D eigenvalue weighted by molar-refractivity contribution is 4.57. The van der Waals surface area contributed by atoms with Crippen molar-refractivity contribution in [3.63, 3.8) is 0 Å². The van der Waals surface area contributed by atoms with Crippen molar-refractivity contribution in [2.45, 2.75) is 53.5 Å². The van der Waals surface area contributed by atoms with Gasteiger partial charge in [0.05, 0.1) is 0 Å². The summed E-state index contributed by atoms with van der Waals surface area (Å²) in [5.74, 6) is 0. The molecule has 13 heavy (non-hydrogen) atoms. The Kier molecular flexibility index (Phi) is 14.1. The molecule has 2 nitrogen and oxygen atoms in total. The SMILES string of the molecule is CC.CCN(CC)CCCC(C)N. The molecule has 0 aliphatic heterocycles. The smallest absolute Gasteiger partial charge is 0.00109 e. The van der Waals surface area contributed by atoms with E-state index < -0.39 is 0 Å². The number of nitrogens with zero attached hydrogens (tertiary/aromatic N) is 1. The molecule has 0 saturated heterocycles. The highest BCUT2D eigenvalue weighted by Gasteiger charge is 1.99. The van der Waals surface area contributed by atoms with Gasteiger partial charge in [-0.2, -0.15) is 0 Å². The second-order valence-electron chi connectivity index (χ2n) is 3.15. The Labute approximate surface area is 84.5 Å². The van der Waals surface area contributed by atoms with Crippen molar-refractivity contribution in [3.05, 3.63) is 0 Å². The summed E-state index contributed by atoms with van der Waals surface area (Å²) in [7, 11) is 0. The van der Waals surface area contributed by atoms with Crippen LogP contribution < -0.4 is 5.73 Å². The van der Waals surface area contributed by atoms with Crippen LogP contribution in [0, 0.1) is 0 Å². The fourth-order valence-electron chi connectivity index (χ4n) is 1.18. The van der Waals surface area contributed by atoms with E-state index in [4.69, 9.17) is 5.73 Å². The zero-order valence-corrected chi connectivity index (χ0v) is 10.1. The van der Waals surface area contributed by atoms with Crippen molar-refractivity contribution in [2.24, 2.45) is 5.73 Å². The fraction of sp³-hybridized carbons (Fsp3) is 1.00. The zero-order chi connectivity index (χ0) is 10.7. The van der Waals surface area contributed by atoms with Crippen LogP contribution in [0.25, 0.3) is 0 Å². The van der Waals surface area contributed by atoms with Gasteiger partial charge in [-0.1, -0.05) is 27.7 Å². The van der Waals surface area contributed by atoms with Crippen LogP contribution in [0.3, 0.4) is 0 Å². The lowest BCUT2D eigenvalue weighted by Gasteiger charge is -2.17. The number of hydrogen-bond donors (Lipinski definition) is 1. The molecule has 0 aliphatic rings. The second kappa shape index (κ2) is 11.9. The van der Waals surface area contributed by atoms with Crippen LogP contribution in [0.15, 0.2) is 0 Å². The molecule has 0 aromatic carbocycles. The molecular weight excluding hydrogens is 160 g/mol. The molecule has 2 N–H and O–H groups in total. The summed E-state index contributed by atoms with van der Waals surface area (Å²) in [6.07, 6.45) is 2.38. The van der Waals surface area contributed by atoms with Crippen molar-refractivity contribution in [3.8, 4) is 0 Å². The molecule has 0 fully saturated rings. The first kappa shape index (κ1) is 15.4. The number of hydrogen-bond acceptors (Lipinski definition) is 2. The molecule has 0 aromatic heterocycles. The summed E-state index contributed by atoms with van der Waals surface area (Å²) in [6, 6.07) is 0.366. The third kappa shape index (κ3) is 11.9. The van der Waals surface area contributed by atoms with Gasteiger partial charge in [0.1, 0.15) is 0 Å². The molecule has 2 heteroatoms. The highest BCUT2D eigenvalue weighted by atomic mass is 15.1. The van der Waals surface area contributed by atoms with Gasteiger partial charge in [0, 0.05) is 6.04 Å². The molecule has 0 bridgehead atoms. The van der Waals surface area contributed by atoms with E-state index >= 15 is 0 Å². The summed E-state index contributed by atoms with van der Waals surface area (Å²) in [5.41, 5.74) is 5.64. The Bertz CT molecular complexity index is 78.2. The maximum Gasteiger partial charge on any atom is 0.00109 e. The molecule has 0 spiro atoms. The topological polar surface area (TPSA) is 29.3 Å². The minimum Gasteiger partial charge on any atom is -0.328 e. The summed E-state index contributed by atoms with van der Waals surface area (Å²) in [5, 5.41) is 0. The average Bonchev–Trinajstić information content (AvgIpc) is 2.15. The summed E-state index contributed by atoms with van der Waals surface area (Å²) in [6.45, 7) is 14.0. The van der Waals surface area contributed by atoms with Crippen molar-refractivity contribution in [2.75, 3.05) is 19.6 Å². The standard InChI is InChI=1S/C9H22N2.C2H6/c1-4-11(5-2)8-6-7-9(3)10;1-2/h9H,4-8,10H2,1-3H3;1-2H3. The van der Waals surface area contributed by atoms with Gasteiger partial charge in [-0.3, -0.25) is 0 Å². The van der Waals surface area contributed by atoms with Gasteiger partial charge in [0.25, 0.3) is 0 Å². The predicted molar refractivity (Wildman–Crippen MR) is 62.0 cm³/mol. The zero-order valence-electron chi connectivity index (χ0n) is 10.1. The van der Waals surface area contributed by atoms with Gasteiger partial charge in [-0.15, -0.1) is 0 Å². The minimum absolute atomic E-state index is 0.366. The summed E-state index contributed by atoms with van der Waals surface area (Å²) >= 11 is 0. The first-order valence-corrected chi connectivity index (χ1v) is 5.68. The maximum atomic E-state index is 5.64. The predicted octanol–water partition coefficient (Wildman–Crippen LogP) is 2.48. The maximum absolute atomic E-state index is 5.64. The van der Waals surface area contributed by atoms with Crippen molar-refractivity contribution in [1.82, 2.24) is 4.90 Å². The van der Waals surface area contributed by atoms with Crippen molar-refractivity contribution in [1.29, 1.82) is 0 Å². The van der Waals surface area contributed by atoms with Gasteiger partial charge in [-0.25, -0.2) is 0 Å². The summed E-state index contributed by atoms with van der Waals surface area (Å²) in [4.78, 5) is 2.43. The van der Waals surface area contributed by atoms with Crippen LogP contribution in [0.4, 0.5) is 0 Å². The Hall–Kier alpha value is -0.0800. The van der Waals surface area contributed by atoms with E-state index in [0.717, 1.165) is 19.5 Å². The molecule has 0 amide bonds. The van der Waals surface area contributed by atoms with Crippen LogP contribution in [-0.4, -0.2) is 30.6 Å². The Morgan fingerprint density at radius 2 is 1.62 bits per heavy atom. The van der Waals surface area contributed by atoms with Crippen LogP contribution in [0.5, 0.6) is 0 Å². The lowest BCUT2D eigenvalue weighted by atomic mass is 10.2. The molecule has 0 saturated carbocycles. The first-order valence-electron chi connectivity index (χ1n) is 5.68. The Morgan fingerprint density at radius 1 is 1.15 bits per heavy atom. The molecule has 0 aromatic rings. The normalized spacial score (nSPS) is 12.2. The molecule has 0 rings (SSSR count). The molecule has 0 aliphatic carbocycles. The highest BCUT2D eigenvalue weighted by Crippen LogP contribution is 1.96. The molecule has 1 atom stereocenters. The molecule has 0 heterocycles. The number of nitrogens with two attached hydrogens (primary N) is 1. The molecular formula is C11H28N2. The third-order valence-electron chi connectivity index (χ3n) is 2.03. The lowest BCUT2D eigenvalue weighted by molar-refractivity contribution is 0.294. The van der Waals surface area contributed by atoms with Gasteiger partial charge in [-0.05, 0) is 39.4 Å². The van der Waals surface area contributed by atoms with Crippen LogP contribution in [0.1, 0.15) is 47.5 Å². The van der Waals surface area contributed by atoms with E-state index in [1.807, 2.05) is 13.8 Å². The van der Waals surface area contributed by atoms with Gasteiger partial charge >= 0.3 is 0 Å². The van der Waals surface area contributed by atoms with Crippen LogP contribution >= 0.6 is 0 Å². The summed E-state index contributed by atoms with van der Waals surface area (Å²) < 4.78 is 0. The first-order chi connectivity index (χ1) is 6.20. The van der Waals surface area contributed by atoms with E-state index in [0.29, 0.717) is 6.04 Å². The largest absolute Gasteiger partial charge is 0.328 e. The fourth-order valence-corrected chi connectivity index (χ4v) is 1.18. The van der Waals surface area contributed by atoms with Crippen LogP contribution in [0.2, 0.25) is 0 Å². The van der Waals surface area contributed by atoms with Crippen LogP contribution in [-0.2, 0) is 0 Å². The van der Waals surface area contributed by atoms with Crippen molar-refractivity contribution < 1.29 is 0 Å². The lowest BCUT2D eigenvalue weighted by Crippen LogP contribution is -2.25. The van der Waals surface area contributed by atoms with E-state index in [1.54, 1.807) is 0 Å². The van der Waals surface area contributed by atoms with E-state index in [2.05, 4.69) is 25.7 Å². The van der Waals surface area contributed by atoms with E-state index in [1.165, 1.54) is 13.0 Å². The molecule has 1 unspecified atom stereocenters. The molecule has 82 valence electrons. The minimum atomic E-state index is 0.366. The average molecular weight is 188 g/mol. The van der Waals surface area contributed by atoms with Gasteiger partial charge in [0.2, 0.25) is 0 Å².